The predicted octanol–water partition coefficient (Wildman–Crippen LogP) is 3.04. The number of hydrogen-bond acceptors (Lipinski definition) is 1. The highest BCUT2D eigenvalue weighted by Gasteiger charge is 2.13. The lowest BCUT2D eigenvalue weighted by Gasteiger charge is -2.22. The molecular weight excluding hydrogens is 146 g/mol. The first-order valence-corrected chi connectivity index (χ1v) is 5.31. The summed E-state index contributed by atoms with van der Waals surface area (Å²) in [4.78, 5) is 0. The third-order valence-corrected chi connectivity index (χ3v) is 3.06. The van der Waals surface area contributed by atoms with Gasteiger partial charge in [0.2, 0.25) is 0 Å². The maximum Gasteiger partial charge on any atom is -0.00746 e. The molecule has 0 saturated carbocycles. The minimum Gasteiger partial charge on any atom is -0.330 e. The lowest BCUT2D eigenvalue weighted by Crippen LogP contribution is -2.15. The Hall–Kier alpha value is -0.0400. The van der Waals surface area contributed by atoms with Crippen LogP contribution in [0, 0.1) is 17.8 Å². The molecule has 1 heteroatoms. The van der Waals surface area contributed by atoms with Gasteiger partial charge in [-0.05, 0) is 37.1 Å². The average molecular weight is 171 g/mol. The molecule has 3 unspecified atom stereocenters. The van der Waals surface area contributed by atoms with Crippen molar-refractivity contribution >= 4 is 0 Å². The van der Waals surface area contributed by atoms with Crippen molar-refractivity contribution in [2.75, 3.05) is 6.54 Å². The molecule has 0 aliphatic heterocycles. The van der Waals surface area contributed by atoms with Crippen LogP contribution in [0.5, 0.6) is 0 Å². The fraction of sp³-hybridized carbons (Fsp3) is 1.00. The predicted molar refractivity (Wildman–Crippen MR) is 56.1 cm³/mol. The van der Waals surface area contributed by atoms with Crippen molar-refractivity contribution < 1.29 is 0 Å². The summed E-state index contributed by atoms with van der Waals surface area (Å²) in [6.07, 6.45) is 3.84. The monoisotopic (exact) mass is 171 g/mol. The Labute approximate surface area is 77.7 Å². The molecule has 2 N–H and O–H groups in total. The van der Waals surface area contributed by atoms with Crippen molar-refractivity contribution in [1.29, 1.82) is 0 Å². The van der Waals surface area contributed by atoms with E-state index in [4.69, 9.17) is 5.73 Å². The molecule has 0 spiro atoms. The van der Waals surface area contributed by atoms with Gasteiger partial charge in [0.25, 0.3) is 0 Å². The van der Waals surface area contributed by atoms with Gasteiger partial charge < -0.3 is 5.73 Å². The number of nitrogens with two attached hydrogens (primary N) is 1. The van der Waals surface area contributed by atoms with Crippen LogP contribution < -0.4 is 5.73 Å². The van der Waals surface area contributed by atoms with E-state index in [0.717, 1.165) is 24.3 Å². The van der Waals surface area contributed by atoms with Crippen LogP contribution in [0.4, 0.5) is 0 Å². The molecule has 3 atom stereocenters. The Morgan fingerprint density at radius 3 is 2.08 bits per heavy atom. The fourth-order valence-electron chi connectivity index (χ4n) is 1.58. The Morgan fingerprint density at radius 1 is 1.08 bits per heavy atom. The highest BCUT2D eigenvalue weighted by atomic mass is 14.5. The minimum atomic E-state index is 0.795. The maximum absolute atomic E-state index is 5.53. The second-order valence-electron chi connectivity index (χ2n) is 4.28. The van der Waals surface area contributed by atoms with Gasteiger partial charge in [0, 0.05) is 0 Å². The van der Waals surface area contributed by atoms with E-state index in [2.05, 4.69) is 27.7 Å². The second kappa shape index (κ2) is 6.47. The summed E-state index contributed by atoms with van der Waals surface area (Å²) in [6, 6.07) is 0. The SMILES string of the molecule is CCC(C)CC(C)C(C)CCN. The molecule has 0 aliphatic rings. The largest absolute Gasteiger partial charge is 0.330 e. The fourth-order valence-corrected chi connectivity index (χ4v) is 1.58. The molecule has 12 heavy (non-hydrogen) atoms. The molecule has 0 aromatic heterocycles. The molecule has 0 rings (SSSR count). The van der Waals surface area contributed by atoms with Crippen LogP contribution in [-0.4, -0.2) is 6.54 Å². The molecule has 0 aromatic carbocycles. The topological polar surface area (TPSA) is 26.0 Å². The zero-order valence-corrected chi connectivity index (χ0v) is 9.14. The van der Waals surface area contributed by atoms with E-state index < -0.39 is 0 Å². The van der Waals surface area contributed by atoms with Crippen LogP contribution in [0.1, 0.15) is 47.0 Å². The van der Waals surface area contributed by atoms with E-state index in [1.165, 1.54) is 19.3 Å². The standard InChI is InChI=1S/C11H25N/c1-5-9(2)8-11(4)10(3)6-7-12/h9-11H,5-8,12H2,1-4H3. The van der Waals surface area contributed by atoms with E-state index in [-0.39, 0.29) is 0 Å². The quantitative estimate of drug-likeness (QED) is 0.653. The normalized spacial score (nSPS) is 18.8. The zero-order valence-electron chi connectivity index (χ0n) is 9.14. The smallest absolute Gasteiger partial charge is 0.00746 e. The molecule has 0 fully saturated rings. The number of rotatable bonds is 6. The summed E-state index contributed by atoms with van der Waals surface area (Å²) < 4.78 is 0. The molecule has 0 aromatic rings. The van der Waals surface area contributed by atoms with Gasteiger partial charge in [-0.15, -0.1) is 0 Å². The minimum absolute atomic E-state index is 0.795. The van der Waals surface area contributed by atoms with Crippen molar-refractivity contribution in [1.82, 2.24) is 0 Å². The Morgan fingerprint density at radius 2 is 1.67 bits per heavy atom. The van der Waals surface area contributed by atoms with Crippen LogP contribution in [0.3, 0.4) is 0 Å². The second-order valence-corrected chi connectivity index (χ2v) is 4.28. The van der Waals surface area contributed by atoms with E-state index in [1.807, 2.05) is 0 Å². The van der Waals surface area contributed by atoms with Gasteiger partial charge in [0.05, 0.1) is 0 Å². The van der Waals surface area contributed by atoms with E-state index in [1.54, 1.807) is 0 Å². The summed E-state index contributed by atoms with van der Waals surface area (Å²) in [5, 5.41) is 0. The zero-order chi connectivity index (χ0) is 9.56. The third-order valence-electron chi connectivity index (χ3n) is 3.06. The molecule has 0 heterocycles. The Balaban J connectivity index is 3.62. The van der Waals surface area contributed by atoms with Crippen molar-refractivity contribution in [2.45, 2.75) is 47.0 Å². The highest BCUT2D eigenvalue weighted by molar-refractivity contribution is 4.65. The van der Waals surface area contributed by atoms with Gasteiger partial charge >= 0.3 is 0 Å². The molecule has 0 radical (unpaired) electrons. The van der Waals surface area contributed by atoms with E-state index >= 15 is 0 Å². The molecule has 0 saturated heterocycles. The molecular formula is C11H25N. The Bertz CT molecular complexity index is 101. The highest BCUT2D eigenvalue weighted by Crippen LogP contribution is 2.23. The van der Waals surface area contributed by atoms with Crippen LogP contribution in [0.2, 0.25) is 0 Å². The summed E-state index contributed by atoms with van der Waals surface area (Å²) in [6.45, 7) is 10.1. The van der Waals surface area contributed by atoms with E-state index in [0.29, 0.717) is 0 Å². The lowest BCUT2D eigenvalue weighted by molar-refractivity contribution is 0.299. The molecule has 0 amide bonds. The lowest BCUT2D eigenvalue weighted by atomic mass is 9.85. The summed E-state index contributed by atoms with van der Waals surface area (Å²) in [7, 11) is 0. The van der Waals surface area contributed by atoms with Crippen LogP contribution in [-0.2, 0) is 0 Å². The first kappa shape index (κ1) is 12.0. The molecule has 1 nitrogen and oxygen atoms in total. The van der Waals surface area contributed by atoms with Gasteiger partial charge in [0.1, 0.15) is 0 Å². The van der Waals surface area contributed by atoms with Crippen molar-refractivity contribution in [3.05, 3.63) is 0 Å². The van der Waals surface area contributed by atoms with Crippen molar-refractivity contribution in [3.63, 3.8) is 0 Å². The van der Waals surface area contributed by atoms with Crippen molar-refractivity contribution in [2.24, 2.45) is 23.5 Å². The summed E-state index contributed by atoms with van der Waals surface area (Å²) in [5.41, 5.74) is 5.53. The Kier molecular flexibility index (Phi) is 6.45. The number of hydrogen-bond donors (Lipinski definition) is 1. The first-order valence-electron chi connectivity index (χ1n) is 5.31. The van der Waals surface area contributed by atoms with Gasteiger partial charge in [-0.1, -0.05) is 34.1 Å². The maximum atomic E-state index is 5.53. The van der Waals surface area contributed by atoms with Gasteiger partial charge in [-0.3, -0.25) is 0 Å². The third kappa shape index (κ3) is 4.76. The van der Waals surface area contributed by atoms with E-state index in [9.17, 15) is 0 Å². The molecule has 0 bridgehead atoms. The molecule has 0 aliphatic carbocycles. The summed E-state index contributed by atoms with van der Waals surface area (Å²) in [5.74, 6) is 2.51. The summed E-state index contributed by atoms with van der Waals surface area (Å²) >= 11 is 0. The van der Waals surface area contributed by atoms with Gasteiger partial charge in [-0.25, -0.2) is 0 Å². The van der Waals surface area contributed by atoms with Gasteiger partial charge in [0.15, 0.2) is 0 Å². The van der Waals surface area contributed by atoms with Crippen molar-refractivity contribution in [3.8, 4) is 0 Å². The molecule has 74 valence electrons. The van der Waals surface area contributed by atoms with Crippen LogP contribution in [0.15, 0.2) is 0 Å². The first-order chi connectivity index (χ1) is 5.61. The van der Waals surface area contributed by atoms with Crippen LogP contribution in [0.25, 0.3) is 0 Å². The van der Waals surface area contributed by atoms with Gasteiger partial charge in [-0.2, -0.15) is 0 Å². The average Bonchev–Trinajstić information content (AvgIpc) is 2.04. The van der Waals surface area contributed by atoms with Crippen LogP contribution >= 0.6 is 0 Å².